The molecule has 0 unspecified atom stereocenters. The van der Waals surface area contributed by atoms with Crippen LogP contribution < -0.4 is 0 Å². The largest absolute Gasteiger partial charge is 0.514 e. The highest BCUT2D eigenvalue weighted by atomic mass is 35.5. The molecule has 0 atom stereocenters. The minimum absolute atomic E-state index is 0.116. The van der Waals surface area contributed by atoms with Crippen molar-refractivity contribution in [3.05, 3.63) is 53.6 Å². The molecule has 0 aromatic heterocycles. The Bertz CT molecular complexity index is 438. The minimum Gasteiger partial charge on any atom is -0.430 e. The van der Waals surface area contributed by atoms with Gasteiger partial charge in [-0.15, -0.1) is 0 Å². The maximum absolute atomic E-state index is 11.3. The molecule has 0 heterocycles. The van der Waals surface area contributed by atoms with Crippen molar-refractivity contribution in [2.24, 2.45) is 0 Å². The zero-order chi connectivity index (χ0) is 12.7. The van der Waals surface area contributed by atoms with Gasteiger partial charge < -0.3 is 9.47 Å². The van der Waals surface area contributed by atoms with E-state index in [2.05, 4.69) is 6.58 Å². The van der Waals surface area contributed by atoms with Gasteiger partial charge >= 0.3 is 6.16 Å². The van der Waals surface area contributed by atoms with Crippen molar-refractivity contribution in [3.8, 4) is 0 Å². The van der Waals surface area contributed by atoms with E-state index in [9.17, 15) is 4.79 Å². The molecule has 0 amide bonds. The topological polar surface area (TPSA) is 35.5 Å². The second-order valence-electron chi connectivity index (χ2n) is 3.12. The molecule has 0 aliphatic carbocycles. The van der Waals surface area contributed by atoms with E-state index in [0.29, 0.717) is 10.8 Å². The van der Waals surface area contributed by atoms with Crippen LogP contribution >= 0.6 is 11.6 Å². The third-order valence-electron chi connectivity index (χ3n) is 1.88. The summed E-state index contributed by atoms with van der Waals surface area (Å²) in [5.41, 5.74) is 0.718. The first kappa shape index (κ1) is 13.3. The molecule has 0 spiro atoms. The zero-order valence-corrected chi connectivity index (χ0v) is 10.2. The van der Waals surface area contributed by atoms with Crippen molar-refractivity contribution in [3.63, 3.8) is 0 Å². The van der Waals surface area contributed by atoms with Crippen LogP contribution in [0.4, 0.5) is 4.79 Å². The highest BCUT2D eigenvalue weighted by molar-refractivity contribution is 6.30. The van der Waals surface area contributed by atoms with Gasteiger partial charge in [0.05, 0.1) is 0 Å². The Morgan fingerprint density at radius 2 is 2.29 bits per heavy atom. The third kappa shape index (κ3) is 4.33. The average molecular weight is 253 g/mol. The Balaban J connectivity index is 2.73. The number of halogens is 1. The first-order valence-corrected chi connectivity index (χ1v) is 5.43. The summed E-state index contributed by atoms with van der Waals surface area (Å²) in [4.78, 5) is 11.3. The lowest BCUT2D eigenvalue weighted by atomic mass is 10.2. The van der Waals surface area contributed by atoms with Crippen molar-refractivity contribution < 1.29 is 14.3 Å². The zero-order valence-electron chi connectivity index (χ0n) is 9.48. The van der Waals surface area contributed by atoms with Crippen LogP contribution in [0.3, 0.4) is 0 Å². The molecule has 1 rings (SSSR count). The van der Waals surface area contributed by atoms with Crippen molar-refractivity contribution in [1.29, 1.82) is 0 Å². The molecule has 1 aromatic rings. The maximum atomic E-state index is 11.3. The smallest absolute Gasteiger partial charge is 0.430 e. The molecule has 1 aromatic carbocycles. The minimum atomic E-state index is -0.766. The van der Waals surface area contributed by atoms with Crippen LogP contribution in [0.15, 0.2) is 43.0 Å². The molecule has 0 fully saturated rings. The summed E-state index contributed by atoms with van der Waals surface area (Å²) in [6.45, 7) is 5.31. The summed E-state index contributed by atoms with van der Waals surface area (Å²) in [5.74, 6) is 0.404. The lowest BCUT2D eigenvalue weighted by Crippen LogP contribution is -2.06. The van der Waals surface area contributed by atoms with Gasteiger partial charge in [-0.25, -0.2) is 4.79 Å². The Kier molecular flexibility index (Phi) is 5.30. The van der Waals surface area contributed by atoms with Crippen LogP contribution in [-0.4, -0.2) is 12.8 Å². The molecule has 0 radical (unpaired) electrons. The van der Waals surface area contributed by atoms with Crippen molar-refractivity contribution in [2.75, 3.05) is 6.61 Å². The Morgan fingerprint density at radius 3 is 2.88 bits per heavy atom. The van der Waals surface area contributed by atoms with E-state index in [1.807, 2.05) is 0 Å². The van der Waals surface area contributed by atoms with Crippen molar-refractivity contribution >= 4 is 23.5 Å². The number of carbonyl (C=O) groups is 1. The van der Waals surface area contributed by atoms with Crippen LogP contribution in [0.2, 0.25) is 5.02 Å². The predicted molar refractivity (Wildman–Crippen MR) is 67.7 cm³/mol. The highest BCUT2D eigenvalue weighted by Gasteiger charge is 2.09. The number of hydrogen-bond donors (Lipinski definition) is 0. The summed E-state index contributed by atoms with van der Waals surface area (Å²) in [6.07, 6.45) is 2.37. The van der Waals surface area contributed by atoms with Gasteiger partial charge in [0, 0.05) is 10.6 Å². The first-order valence-electron chi connectivity index (χ1n) is 5.05. The van der Waals surface area contributed by atoms with E-state index >= 15 is 0 Å². The average Bonchev–Trinajstić information content (AvgIpc) is 2.33. The molecular formula is C13H13ClO3. The number of carbonyl (C=O) groups excluding carboxylic acids is 1. The van der Waals surface area contributed by atoms with Gasteiger partial charge in [-0.05, 0) is 25.1 Å². The van der Waals surface area contributed by atoms with Gasteiger partial charge in [-0.3, -0.25) is 0 Å². The van der Waals surface area contributed by atoms with Gasteiger partial charge in [-0.2, -0.15) is 0 Å². The van der Waals surface area contributed by atoms with Crippen LogP contribution in [-0.2, 0) is 9.47 Å². The van der Waals surface area contributed by atoms with Crippen LogP contribution in [0.5, 0.6) is 0 Å². The maximum Gasteiger partial charge on any atom is 0.514 e. The summed E-state index contributed by atoms with van der Waals surface area (Å²) in [7, 11) is 0. The van der Waals surface area contributed by atoms with E-state index in [1.54, 1.807) is 37.3 Å². The highest BCUT2D eigenvalue weighted by Crippen LogP contribution is 2.20. The lowest BCUT2D eigenvalue weighted by molar-refractivity contribution is 0.100. The summed E-state index contributed by atoms with van der Waals surface area (Å²) >= 11 is 5.85. The summed E-state index contributed by atoms with van der Waals surface area (Å²) in [6, 6.07) is 7.02. The molecule has 17 heavy (non-hydrogen) atoms. The van der Waals surface area contributed by atoms with E-state index in [-0.39, 0.29) is 6.61 Å². The lowest BCUT2D eigenvalue weighted by Gasteiger charge is -2.08. The third-order valence-corrected chi connectivity index (χ3v) is 2.12. The molecule has 0 N–H and O–H groups in total. The molecule has 0 saturated heterocycles. The molecule has 3 nitrogen and oxygen atoms in total. The number of benzene rings is 1. The van der Waals surface area contributed by atoms with Gasteiger partial charge in [-0.1, -0.05) is 36.4 Å². The number of allylic oxidation sites excluding steroid dienone is 1. The van der Waals surface area contributed by atoms with Crippen molar-refractivity contribution in [2.45, 2.75) is 6.92 Å². The summed E-state index contributed by atoms with van der Waals surface area (Å²) < 4.78 is 9.76. The van der Waals surface area contributed by atoms with E-state index < -0.39 is 6.16 Å². The fourth-order valence-electron chi connectivity index (χ4n) is 1.17. The van der Waals surface area contributed by atoms with Gasteiger partial charge in [0.2, 0.25) is 0 Å². The number of hydrogen-bond acceptors (Lipinski definition) is 3. The predicted octanol–water partition coefficient (Wildman–Crippen LogP) is 4.04. The second kappa shape index (κ2) is 6.76. The summed E-state index contributed by atoms with van der Waals surface area (Å²) in [5, 5.41) is 0.574. The number of ether oxygens (including phenoxy) is 2. The quantitative estimate of drug-likeness (QED) is 0.461. The Labute approximate surface area is 105 Å². The fourth-order valence-corrected chi connectivity index (χ4v) is 1.36. The molecule has 0 saturated carbocycles. The molecule has 0 aliphatic heterocycles. The fraction of sp³-hybridized carbons (Fsp3) is 0.154. The molecule has 4 heteroatoms. The van der Waals surface area contributed by atoms with Gasteiger partial charge in [0.25, 0.3) is 0 Å². The molecule has 90 valence electrons. The standard InChI is InChI=1S/C13H13ClO3/c1-3-8-16-13(15)17-12(4-2)10-6-5-7-11(14)9-10/h3-7,9H,1,8H2,2H3/b12-4-. The Morgan fingerprint density at radius 1 is 1.53 bits per heavy atom. The monoisotopic (exact) mass is 252 g/mol. The Hall–Kier alpha value is -1.74. The van der Waals surface area contributed by atoms with Crippen LogP contribution in [0, 0.1) is 0 Å². The van der Waals surface area contributed by atoms with Crippen LogP contribution in [0.25, 0.3) is 5.76 Å². The van der Waals surface area contributed by atoms with E-state index in [1.165, 1.54) is 6.08 Å². The number of rotatable bonds is 4. The van der Waals surface area contributed by atoms with Crippen molar-refractivity contribution in [1.82, 2.24) is 0 Å². The van der Waals surface area contributed by atoms with Gasteiger partial charge in [0.1, 0.15) is 12.4 Å². The van der Waals surface area contributed by atoms with E-state index in [4.69, 9.17) is 21.1 Å². The van der Waals surface area contributed by atoms with Crippen LogP contribution in [0.1, 0.15) is 12.5 Å². The molecule has 0 aliphatic rings. The molecule has 0 bridgehead atoms. The van der Waals surface area contributed by atoms with Gasteiger partial charge in [0.15, 0.2) is 0 Å². The second-order valence-corrected chi connectivity index (χ2v) is 3.55. The normalized spacial score (nSPS) is 10.8. The first-order chi connectivity index (χ1) is 8.17. The van der Waals surface area contributed by atoms with E-state index in [0.717, 1.165) is 5.56 Å². The molecular weight excluding hydrogens is 240 g/mol. The SMILES string of the molecule is C=CCOC(=O)O/C(=C\C)c1cccc(Cl)c1.